The van der Waals surface area contributed by atoms with Crippen molar-refractivity contribution in [2.45, 2.75) is 38.8 Å². The number of aliphatic hydroxyl groups excluding tert-OH is 1. The number of carbonyl (C=O) groups is 2. The standard InChI is InChI=1S/C28H36N4O5S/c1-4-32(5-2)27(35)18-37-22-8-6-7-20(15-22)24(17-31-12-11-21(33)16-31)30(3)26(34)14-19-9-10-25-23(13-19)29-28(36)38-25/h6-10,13,15,21,24,33H,4-5,11-12,14,16-18H2,1-3H3,(H,29,36)/t21-,24?/m0/s1. The highest BCUT2D eigenvalue weighted by atomic mass is 32.1. The molecule has 1 aliphatic heterocycles. The number of benzene rings is 2. The Morgan fingerprint density at radius 2 is 1.97 bits per heavy atom. The fourth-order valence-electron chi connectivity index (χ4n) is 4.88. The predicted molar refractivity (Wildman–Crippen MR) is 149 cm³/mol. The number of thiazole rings is 1. The molecule has 0 spiro atoms. The van der Waals surface area contributed by atoms with Gasteiger partial charge in [0.15, 0.2) is 6.61 Å². The number of aromatic nitrogens is 1. The molecule has 2 heterocycles. The molecule has 4 rings (SSSR count). The Hall–Kier alpha value is -3.21. The second kappa shape index (κ2) is 12.6. The van der Waals surface area contributed by atoms with Crippen molar-refractivity contribution in [1.29, 1.82) is 0 Å². The number of H-pyrrole nitrogens is 1. The fraction of sp³-hybridized carbons (Fsp3) is 0.464. The molecule has 1 aromatic heterocycles. The highest BCUT2D eigenvalue weighted by molar-refractivity contribution is 7.16. The Kier molecular flexibility index (Phi) is 9.19. The van der Waals surface area contributed by atoms with Gasteiger partial charge in [-0.05, 0) is 55.7 Å². The smallest absolute Gasteiger partial charge is 0.305 e. The summed E-state index contributed by atoms with van der Waals surface area (Å²) in [5, 5.41) is 10.1. The zero-order valence-corrected chi connectivity index (χ0v) is 23.0. The van der Waals surface area contributed by atoms with E-state index >= 15 is 0 Å². The minimum Gasteiger partial charge on any atom is -0.484 e. The van der Waals surface area contributed by atoms with Crippen molar-refractivity contribution < 1.29 is 19.4 Å². The van der Waals surface area contributed by atoms with Crippen LogP contribution in [0.1, 0.15) is 37.4 Å². The maximum absolute atomic E-state index is 13.5. The minimum atomic E-state index is -0.364. The van der Waals surface area contributed by atoms with Gasteiger partial charge in [-0.25, -0.2) is 0 Å². The third-order valence-electron chi connectivity index (χ3n) is 7.10. The first-order valence-electron chi connectivity index (χ1n) is 13.1. The van der Waals surface area contributed by atoms with Gasteiger partial charge in [-0.1, -0.05) is 29.5 Å². The van der Waals surface area contributed by atoms with E-state index in [1.807, 2.05) is 56.3 Å². The van der Waals surface area contributed by atoms with E-state index in [4.69, 9.17) is 4.74 Å². The summed E-state index contributed by atoms with van der Waals surface area (Å²) in [6, 6.07) is 12.9. The summed E-state index contributed by atoms with van der Waals surface area (Å²) in [5.41, 5.74) is 2.46. The van der Waals surface area contributed by atoms with Gasteiger partial charge < -0.3 is 24.6 Å². The Balaban J connectivity index is 1.52. The van der Waals surface area contributed by atoms with Gasteiger partial charge in [-0.2, -0.15) is 0 Å². The Labute approximate surface area is 226 Å². The van der Waals surface area contributed by atoms with Crippen LogP contribution >= 0.6 is 11.3 Å². The topological polar surface area (TPSA) is 106 Å². The molecule has 2 atom stereocenters. The molecule has 204 valence electrons. The molecule has 1 unspecified atom stereocenters. The summed E-state index contributed by atoms with van der Waals surface area (Å²) in [6.45, 7) is 6.98. The van der Waals surface area contributed by atoms with Crippen molar-refractivity contribution in [1.82, 2.24) is 19.7 Å². The third kappa shape index (κ3) is 6.80. The summed E-state index contributed by atoms with van der Waals surface area (Å²) < 4.78 is 6.70. The van der Waals surface area contributed by atoms with E-state index in [-0.39, 0.29) is 41.9 Å². The van der Waals surface area contributed by atoms with Crippen molar-refractivity contribution in [3.8, 4) is 5.75 Å². The molecule has 0 bridgehead atoms. The lowest BCUT2D eigenvalue weighted by atomic mass is 10.0. The molecular formula is C28H36N4O5S. The molecule has 1 saturated heterocycles. The molecule has 9 nitrogen and oxygen atoms in total. The second-order valence-corrected chi connectivity index (χ2v) is 10.7. The van der Waals surface area contributed by atoms with Gasteiger partial charge in [0.25, 0.3) is 5.91 Å². The monoisotopic (exact) mass is 540 g/mol. The van der Waals surface area contributed by atoms with Gasteiger partial charge in [0.2, 0.25) is 5.91 Å². The number of carbonyl (C=O) groups excluding carboxylic acids is 2. The number of nitrogens with zero attached hydrogens (tertiary/aromatic N) is 3. The van der Waals surface area contributed by atoms with Crippen LogP contribution in [0.15, 0.2) is 47.3 Å². The molecule has 2 N–H and O–H groups in total. The van der Waals surface area contributed by atoms with Crippen molar-refractivity contribution in [2.75, 3.05) is 46.4 Å². The molecule has 2 aromatic carbocycles. The first-order valence-corrected chi connectivity index (χ1v) is 13.9. The number of fused-ring (bicyclic) bond motifs is 1. The lowest BCUT2D eigenvalue weighted by molar-refractivity contribution is -0.133. The van der Waals surface area contributed by atoms with Crippen LogP contribution in [0, 0.1) is 0 Å². The summed E-state index contributed by atoms with van der Waals surface area (Å²) in [5.74, 6) is 0.441. The van der Waals surface area contributed by atoms with E-state index in [1.165, 1.54) is 0 Å². The largest absolute Gasteiger partial charge is 0.484 e. The lowest BCUT2D eigenvalue weighted by Gasteiger charge is -2.32. The van der Waals surface area contributed by atoms with E-state index in [2.05, 4.69) is 9.88 Å². The first-order chi connectivity index (χ1) is 18.3. The van der Waals surface area contributed by atoms with Crippen LogP contribution in [0.25, 0.3) is 10.2 Å². The SMILES string of the molecule is CCN(CC)C(=O)COc1cccc(C(CN2CC[C@H](O)C2)N(C)C(=O)Cc2ccc3sc(=O)[nH]c3c2)c1. The zero-order valence-electron chi connectivity index (χ0n) is 22.2. The van der Waals surface area contributed by atoms with Gasteiger partial charge in [0, 0.05) is 39.8 Å². The fourth-order valence-corrected chi connectivity index (χ4v) is 5.60. The van der Waals surface area contributed by atoms with Gasteiger partial charge >= 0.3 is 4.87 Å². The molecule has 38 heavy (non-hydrogen) atoms. The molecule has 1 fully saturated rings. The summed E-state index contributed by atoms with van der Waals surface area (Å²) in [6.07, 6.45) is 0.537. The average molecular weight is 541 g/mol. The molecule has 0 saturated carbocycles. The predicted octanol–water partition coefficient (Wildman–Crippen LogP) is 2.65. The van der Waals surface area contributed by atoms with Gasteiger partial charge in [-0.3, -0.25) is 19.3 Å². The van der Waals surface area contributed by atoms with Crippen LogP contribution in [0.4, 0.5) is 0 Å². The number of hydrogen-bond donors (Lipinski definition) is 2. The van der Waals surface area contributed by atoms with E-state index in [9.17, 15) is 19.5 Å². The van der Waals surface area contributed by atoms with Crippen molar-refractivity contribution in [2.24, 2.45) is 0 Å². The summed E-state index contributed by atoms with van der Waals surface area (Å²) >= 11 is 1.15. The van der Waals surface area contributed by atoms with Crippen LogP contribution in [-0.2, 0) is 16.0 Å². The van der Waals surface area contributed by atoms with Crippen LogP contribution in [-0.4, -0.2) is 89.1 Å². The first kappa shape index (κ1) is 27.8. The van der Waals surface area contributed by atoms with Gasteiger partial charge in [0.05, 0.1) is 28.8 Å². The number of hydrogen-bond acceptors (Lipinski definition) is 7. The van der Waals surface area contributed by atoms with E-state index in [0.717, 1.165) is 39.2 Å². The third-order valence-corrected chi connectivity index (χ3v) is 7.96. The number of aromatic amines is 1. The molecule has 0 radical (unpaired) electrons. The Morgan fingerprint density at radius 1 is 1.18 bits per heavy atom. The maximum atomic E-state index is 13.5. The number of rotatable bonds is 11. The number of aliphatic hydroxyl groups is 1. The van der Waals surface area contributed by atoms with Crippen molar-refractivity contribution in [3.63, 3.8) is 0 Å². The quantitative estimate of drug-likeness (QED) is 0.387. The molecule has 3 aromatic rings. The Morgan fingerprint density at radius 3 is 2.68 bits per heavy atom. The molecule has 0 aliphatic carbocycles. The van der Waals surface area contributed by atoms with Crippen LogP contribution < -0.4 is 9.61 Å². The number of likely N-dealkylation sites (tertiary alicyclic amines) is 1. The number of β-amino-alcohol motifs (C(OH)–C–C–N with tert-alkyl or cyclic N) is 1. The zero-order chi connectivity index (χ0) is 27.2. The van der Waals surface area contributed by atoms with Gasteiger partial charge in [0.1, 0.15) is 5.75 Å². The lowest BCUT2D eigenvalue weighted by Crippen LogP contribution is -2.39. The van der Waals surface area contributed by atoms with Crippen LogP contribution in [0.2, 0.25) is 0 Å². The second-order valence-electron chi connectivity index (χ2n) is 9.67. The highest BCUT2D eigenvalue weighted by Gasteiger charge is 2.28. The van der Waals surface area contributed by atoms with Gasteiger partial charge in [-0.15, -0.1) is 0 Å². The van der Waals surface area contributed by atoms with E-state index in [0.29, 0.717) is 38.3 Å². The number of likely N-dealkylation sites (N-methyl/N-ethyl adjacent to an activating group) is 2. The molecule has 2 amide bonds. The number of nitrogens with one attached hydrogen (secondary N) is 1. The minimum absolute atomic E-state index is 0.0456. The van der Waals surface area contributed by atoms with E-state index in [1.54, 1.807) is 16.8 Å². The molecule has 1 aliphatic rings. The average Bonchev–Trinajstić information content (AvgIpc) is 3.49. The molecule has 10 heteroatoms. The van der Waals surface area contributed by atoms with Crippen molar-refractivity contribution >= 4 is 33.4 Å². The Bertz CT molecular complexity index is 1320. The van der Waals surface area contributed by atoms with E-state index < -0.39 is 0 Å². The van der Waals surface area contributed by atoms with Crippen LogP contribution in [0.3, 0.4) is 0 Å². The van der Waals surface area contributed by atoms with Crippen molar-refractivity contribution in [3.05, 3.63) is 63.3 Å². The maximum Gasteiger partial charge on any atom is 0.305 e. The summed E-state index contributed by atoms with van der Waals surface area (Å²) in [4.78, 5) is 45.9. The molecular weight excluding hydrogens is 504 g/mol. The normalized spacial score (nSPS) is 16.5. The summed E-state index contributed by atoms with van der Waals surface area (Å²) in [7, 11) is 1.79. The number of ether oxygens (including phenoxy) is 1. The number of amides is 2. The van der Waals surface area contributed by atoms with Crippen LogP contribution in [0.5, 0.6) is 5.75 Å². The highest BCUT2D eigenvalue weighted by Crippen LogP contribution is 2.27.